The van der Waals surface area contributed by atoms with Crippen LogP contribution >= 0.6 is 0 Å². The zero-order valence-electron chi connectivity index (χ0n) is 8.47. The molecule has 0 spiro atoms. The molecule has 0 aliphatic carbocycles. The fourth-order valence-corrected chi connectivity index (χ4v) is 1.95. The van der Waals surface area contributed by atoms with E-state index in [9.17, 15) is 0 Å². The molecule has 2 nitrogen and oxygen atoms in total. The van der Waals surface area contributed by atoms with Gasteiger partial charge >= 0.3 is 0 Å². The van der Waals surface area contributed by atoms with Crippen LogP contribution in [-0.2, 0) is 4.74 Å². The van der Waals surface area contributed by atoms with Crippen LogP contribution in [0, 0.1) is 5.92 Å². The van der Waals surface area contributed by atoms with E-state index >= 15 is 0 Å². The van der Waals surface area contributed by atoms with Crippen LogP contribution in [0.25, 0.3) is 0 Å². The Morgan fingerprint density at radius 1 is 1.50 bits per heavy atom. The van der Waals surface area contributed by atoms with Crippen molar-refractivity contribution in [1.82, 2.24) is 5.32 Å². The number of hydrogen-bond acceptors (Lipinski definition) is 2. The lowest BCUT2D eigenvalue weighted by Crippen LogP contribution is -2.46. The Morgan fingerprint density at radius 3 is 2.83 bits per heavy atom. The Labute approximate surface area is 75.7 Å². The van der Waals surface area contributed by atoms with Crippen LogP contribution < -0.4 is 5.32 Å². The monoisotopic (exact) mass is 171 g/mol. The van der Waals surface area contributed by atoms with Gasteiger partial charge in [-0.15, -0.1) is 0 Å². The number of methoxy groups -OCH3 is 1. The number of ether oxygens (including phenoxy) is 1. The van der Waals surface area contributed by atoms with E-state index < -0.39 is 0 Å². The van der Waals surface area contributed by atoms with Gasteiger partial charge in [0, 0.05) is 13.2 Å². The van der Waals surface area contributed by atoms with Crippen LogP contribution in [0.1, 0.15) is 33.1 Å². The summed E-state index contributed by atoms with van der Waals surface area (Å²) < 4.78 is 5.44. The molecule has 1 fully saturated rings. The highest BCUT2D eigenvalue weighted by atomic mass is 16.5. The van der Waals surface area contributed by atoms with E-state index in [0.717, 1.165) is 12.5 Å². The van der Waals surface area contributed by atoms with Gasteiger partial charge in [-0.1, -0.05) is 13.8 Å². The van der Waals surface area contributed by atoms with Crippen molar-refractivity contribution in [3.05, 3.63) is 0 Å². The van der Waals surface area contributed by atoms with Gasteiger partial charge < -0.3 is 10.1 Å². The van der Waals surface area contributed by atoms with E-state index in [-0.39, 0.29) is 0 Å². The Balaban J connectivity index is 2.36. The second-order valence-electron chi connectivity index (χ2n) is 4.11. The Morgan fingerprint density at radius 2 is 2.25 bits per heavy atom. The molecule has 2 unspecified atom stereocenters. The molecule has 0 radical (unpaired) electrons. The molecule has 72 valence electrons. The minimum Gasteiger partial charge on any atom is -0.380 e. The van der Waals surface area contributed by atoms with Gasteiger partial charge in [0.05, 0.1) is 6.10 Å². The number of nitrogens with one attached hydrogen (secondary N) is 1. The van der Waals surface area contributed by atoms with Crippen molar-refractivity contribution in [1.29, 1.82) is 0 Å². The summed E-state index contributed by atoms with van der Waals surface area (Å²) in [5.41, 5.74) is 0. The lowest BCUT2D eigenvalue weighted by molar-refractivity contribution is 0.0388. The highest BCUT2D eigenvalue weighted by molar-refractivity contribution is 4.82. The summed E-state index contributed by atoms with van der Waals surface area (Å²) in [5, 5.41) is 3.53. The molecule has 1 rings (SSSR count). The first kappa shape index (κ1) is 10.0. The first-order valence-electron chi connectivity index (χ1n) is 5.00. The minimum absolute atomic E-state index is 0.446. The van der Waals surface area contributed by atoms with Crippen molar-refractivity contribution in [2.75, 3.05) is 13.7 Å². The summed E-state index contributed by atoms with van der Waals surface area (Å²) in [6, 6.07) is 0.587. The third-order valence-corrected chi connectivity index (χ3v) is 2.55. The lowest BCUT2D eigenvalue weighted by atomic mass is 9.93. The Hall–Kier alpha value is -0.0800. The molecular weight excluding hydrogens is 150 g/mol. The van der Waals surface area contributed by atoms with Crippen molar-refractivity contribution >= 4 is 0 Å². The average Bonchev–Trinajstić information content (AvgIpc) is 2.04. The van der Waals surface area contributed by atoms with Gasteiger partial charge in [0.15, 0.2) is 0 Å². The third kappa shape index (κ3) is 2.76. The number of rotatable bonds is 3. The molecule has 0 amide bonds. The van der Waals surface area contributed by atoms with Crippen LogP contribution in [0.15, 0.2) is 0 Å². The molecule has 2 atom stereocenters. The molecular formula is C10H21NO. The third-order valence-electron chi connectivity index (χ3n) is 2.55. The van der Waals surface area contributed by atoms with Gasteiger partial charge in [0.1, 0.15) is 0 Å². The molecule has 0 saturated carbocycles. The van der Waals surface area contributed by atoms with Crippen molar-refractivity contribution in [3.63, 3.8) is 0 Å². The highest BCUT2D eigenvalue weighted by Gasteiger charge is 2.24. The molecule has 0 bridgehead atoms. The molecule has 12 heavy (non-hydrogen) atoms. The molecule has 1 N–H and O–H groups in total. The van der Waals surface area contributed by atoms with Gasteiger partial charge in [-0.05, 0) is 31.7 Å². The van der Waals surface area contributed by atoms with E-state index in [4.69, 9.17) is 4.74 Å². The van der Waals surface area contributed by atoms with Crippen LogP contribution in [-0.4, -0.2) is 25.8 Å². The predicted molar refractivity (Wildman–Crippen MR) is 51.3 cm³/mol. The maximum absolute atomic E-state index is 5.44. The Bertz CT molecular complexity index is 125. The second kappa shape index (κ2) is 4.83. The van der Waals surface area contributed by atoms with Gasteiger partial charge in [0.2, 0.25) is 0 Å². The van der Waals surface area contributed by atoms with Crippen molar-refractivity contribution in [2.24, 2.45) is 5.92 Å². The average molecular weight is 171 g/mol. The summed E-state index contributed by atoms with van der Waals surface area (Å²) in [6.45, 7) is 5.70. The fourth-order valence-electron chi connectivity index (χ4n) is 1.95. The quantitative estimate of drug-likeness (QED) is 0.699. The first-order chi connectivity index (χ1) is 5.74. The molecule has 0 aromatic rings. The summed E-state index contributed by atoms with van der Waals surface area (Å²) in [7, 11) is 1.82. The Kier molecular flexibility index (Phi) is 4.02. The maximum Gasteiger partial charge on any atom is 0.0724 e. The SMILES string of the molecule is COC1CCCNC1CC(C)C. The topological polar surface area (TPSA) is 21.3 Å². The standard InChI is InChI=1S/C10H21NO/c1-8(2)7-9-10(12-3)5-4-6-11-9/h8-11H,4-7H2,1-3H3. The molecule has 2 heteroatoms. The highest BCUT2D eigenvalue weighted by Crippen LogP contribution is 2.17. The smallest absolute Gasteiger partial charge is 0.0724 e. The van der Waals surface area contributed by atoms with Gasteiger partial charge in [0.25, 0.3) is 0 Å². The summed E-state index contributed by atoms with van der Waals surface area (Å²) >= 11 is 0. The minimum atomic E-state index is 0.446. The zero-order valence-corrected chi connectivity index (χ0v) is 8.47. The molecule has 1 aliphatic rings. The number of hydrogen-bond donors (Lipinski definition) is 1. The van der Waals surface area contributed by atoms with Gasteiger partial charge in [-0.2, -0.15) is 0 Å². The normalized spacial score (nSPS) is 31.0. The maximum atomic E-state index is 5.44. The fraction of sp³-hybridized carbons (Fsp3) is 1.00. The first-order valence-corrected chi connectivity index (χ1v) is 5.00. The lowest BCUT2D eigenvalue weighted by Gasteiger charge is -2.32. The van der Waals surface area contributed by atoms with Crippen LogP contribution in [0.2, 0.25) is 0 Å². The van der Waals surface area contributed by atoms with Gasteiger partial charge in [-0.3, -0.25) is 0 Å². The molecule has 0 aromatic heterocycles. The van der Waals surface area contributed by atoms with E-state index in [0.29, 0.717) is 12.1 Å². The molecule has 1 saturated heterocycles. The largest absolute Gasteiger partial charge is 0.380 e. The number of piperidine rings is 1. The molecule has 1 aliphatic heterocycles. The summed E-state index contributed by atoms with van der Waals surface area (Å²) in [4.78, 5) is 0. The zero-order chi connectivity index (χ0) is 8.97. The summed E-state index contributed by atoms with van der Waals surface area (Å²) in [5.74, 6) is 0.762. The molecule has 0 aromatic carbocycles. The second-order valence-corrected chi connectivity index (χ2v) is 4.11. The van der Waals surface area contributed by atoms with Crippen molar-refractivity contribution in [2.45, 2.75) is 45.3 Å². The van der Waals surface area contributed by atoms with Crippen LogP contribution in [0.5, 0.6) is 0 Å². The van der Waals surface area contributed by atoms with Gasteiger partial charge in [-0.25, -0.2) is 0 Å². The van der Waals surface area contributed by atoms with Crippen LogP contribution in [0.3, 0.4) is 0 Å². The molecule has 1 heterocycles. The van der Waals surface area contributed by atoms with E-state index in [1.807, 2.05) is 7.11 Å². The van der Waals surface area contributed by atoms with E-state index in [1.54, 1.807) is 0 Å². The summed E-state index contributed by atoms with van der Waals surface area (Å²) in [6.07, 6.45) is 4.16. The van der Waals surface area contributed by atoms with E-state index in [1.165, 1.54) is 19.3 Å². The van der Waals surface area contributed by atoms with E-state index in [2.05, 4.69) is 19.2 Å². The van der Waals surface area contributed by atoms with Crippen LogP contribution in [0.4, 0.5) is 0 Å². The van der Waals surface area contributed by atoms with Crippen molar-refractivity contribution in [3.8, 4) is 0 Å². The predicted octanol–water partition coefficient (Wildman–Crippen LogP) is 1.80. The van der Waals surface area contributed by atoms with Crippen molar-refractivity contribution < 1.29 is 4.74 Å².